The van der Waals surface area contributed by atoms with Crippen LogP contribution in [0.4, 0.5) is 4.39 Å². The standard InChI is InChI=1S/C21H17FN2O3S2/c1-13-24-18(12-28-13)20-9-7-17(29-20)10-23-21(25)19-8-6-16(27-19)11-26-15-4-2-14(22)3-5-15/h2-9,12H,10-11H2,1H3,(H,23,25). The van der Waals surface area contributed by atoms with E-state index in [1.807, 2.05) is 24.4 Å². The van der Waals surface area contributed by atoms with E-state index >= 15 is 0 Å². The van der Waals surface area contributed by atoms with Crippen LogP contribution in [0.1, 0.15) is 26.2 Å². The summed E-state index contributed by atoms with van der Waals surface area (Å²) in [7, 11) is 0. The Labute approximate surface area is 174 Å². The molecule has 148 valence electrons. The topological polar surface area (TPSA) is 64.4 Å². The molecule has 3 heterocycles. The molecule has 0 radical (unpaired) electrons. The molecule has 0 aliphatic heterocycles. The van der Waals surface area contributed by atoms with Gasteiger partial charge in [-0.3, -0.25) is 4.79 Å². The fourth-order valence-corrected chi connectivity index (χ4v) is 4.20. The number of thiophene rings is 1. The lowest BCUT2D eigenvalue weighted by Crippen LogP contribution is -2.21. The summed E-state index contributed by atoms with van der Waals surface area (Å²) in [4.78, 5) is 18.9. The second-order valence-corrected chi connectivity index (χ2v) is 8.44. The summed E-state index contributed by atoms with van der Waals surface area (Å²) >= 11 is 3.22. The smallest absolute Gasteiger partial charge is 0.287 e. The lowest BCUT2D eigenvalue weighted by molar-refractivity contribution is 0.0919. The molecule has 0 fully saturated rings. The van der Waals surface area contributed by atoms with Crippen LogP contribution in [-0.2, 0) is 13.2 Å². The zero-order valence-electron chi connectivity index (χ0n) is 15.5. The number of ether oxygens (including phenoxy) is 1. The Hall–Kier alpha value is -2.97. The molecule has 5 nitrogen and oxygen atoms in total. The number of rotatable bonds is 7. The van der Waals surface area contributed by atoms with E-state index in [-0.39, 0.29) is 24.1 Å². The summed E-state index contributed by atoms with van der Waals surface area (Å²) in [6, 6.07) is 13.0. The second-order valence-electron chi connectivity index (χ2n) is 6.21. The Morgan fingerprint density at radius 1 is 1.17 bits per heavy atom. The van der Waals surface area contributed by atoms with E-state index in [0.29, 0.717) is 18.1 Å². The van der Waals surface area contributed by atoms with Crippen molar-refractivity contribution in [2.45, 2.75) is 20.1 Å². The first kappa shape index (κ1) is 19.4. The minimum absolute atomic E-state index is 0.153. The number of hydrogen-bond acceptors (Lipinski definition) is 6. The molecule has 4 rings (SSSR count). The van der Waals surface area contributed by atoms with Crippen molar-refractivity contribution in [1.29, 1.82) is 0 Å². The summed E-state index contributed by atoms with van der Waals surface area (Å²) in [5.41, 5.74) is 0.965. The van der Waals surface area contributed by atoms with Gasteiger partial charge in [0.2, 0.25) is 0 Å². The Morgan fingerprint density at radius 3 is 2.76 bits per heavy atom. The molecule has 0 saturated heterocycles. The van der Waals surface area contributed by atoms with E-state index in [1.54, 1.807) is 34.8 Å². The molecule has 1 N–H and O–H groups in total. The molecule has 29 heavy (non-hydrogen) atoms. The molecule has 0 unspecified atom stereocenters. The van der Waals surface area contributed by atoms with Gasteiger partial charge in [-0.05, 0) is 55.5 Å². The normalized spacial score (nSPS) is 10.8. The van der Waals surface area contributed by atoms with Crippen LogP contribution >= 0.6 is 22.7 Å². The van der Waals surface area contributed by atoms with E-state index in [4.69, 9.17) is 9.15 Å². The number of halogens is 1. The van der Waals surface area contributed by atoms with E-state index in [2.05, 4.69) is 10.3 Å². The van der Waals surface area contributed by atoms with Crippen molar-refractivity contribution < 1.29 is 18.3 Å². The molecule has 0 bridgehead atoms. The molecule has 3 aromatic heterocycles. The summed E-state index contributed by atoms with van der Waals surface area (Å²) in [6.45, 7) is 2.54. The van der Waals surface area contributed by atoms with Crippen molar-refractivity contribution in [2.24, 2.45) is 0 Å². The minimum atomic E-state index is -0.325. The molecule has 8 heteroatoms. The fraction of sp³-hybridized carbons (Fsp3) is 0.143. The van der Waals surface area contributed by atoms with Crippen LogP contribution in [0.15, 0.2) is 58.3 Å². The van der Waals surface area contributed by atoms with Crippen LogP contribution in [0.5, 0.6) is 5.75 Å². The van der Waals surface area contributed by atoms with Crippen LogP contribution < -0.4 is 10.1 Å². The quantitative estimate of drug-likeness (QED) is 0.427. The maximum absolute atomic E-state index is 12.9. The highest BCUT2D eigenvalue weighted by Crippen LogP contribution is 2.29. The van der Waals surface area contributed by atoms with E-state index < -0.39 is 0 Å². The highest BCUT2D eigenvalue weighted by atomic mass is 32.1. The third-order valence-corrected chi connectivity index (χ3v) is 5.92. The lowest BCUT2D eigenvalue weighted by atomic mass is 10.3. The minimum Gasteiger partial charge on any atom is -0.486 e. The fourth-order valence-electron chi connectivity index (χ4n) is 2.60. The lowest BCUT2D eigenvalue weighted by Gasteiger charge is -2.04. The van der Waals surface area contributed by atoms with Crippen molar-refractivity contribution in [1.82, 2.24) is 10.3 Å². The highest BCUT2D eigenvalue weighted by Gasteiger charge is 2.13. The maximum atomic E-state index is 12.9. The maximum Gasteiger partial charge on any atom is 0.287 e. The Balaban J connectivity index is 1.30. The molecule has 0 saturated carbocycles. The van der Waals surface area contributed by atoms with Crippen LogP contribution in [0.2, 0.25) is 0 Å². The highest BCUT2D eigenvalue weighted by molar-refractivity contribution is 7.16. The molecule has 0 atom stereocenters. The van der Waals surface area contributed by atoms with Gasteiger partial charge in [0.25, 0.3) is 5.91 Å². The molecule has 1 aromatic carbocycles. The van der Waals surface area contributed by atoms with Crippen LogP contribution in [-0.4, -0.2) is 10.9 Å². The summed E-state index contributed by atoms with van der Waals surface area (Å²) in [5, 5.41) is 5.91. The Kier molecular flexibility index (Phi) is 5.73. The van der Waals surface area contributed by atoms with Gasteiger partial charge in [0.15, 0.2) is 5.76 Å². The van der Waals surface area contributed by atoms with Crippen molar-refractivity contribution in [3.05, 3.63) is 81.1 Å². The Bertz CT molecular complexity index is 1120. The first-order valence-corrected chi connectivity index (χ1v) is 10.5. The summed E-state index contributed by atoms with van der Waals surface area (Å²) in [5.74, 6) is 0.635. The van der Waals surface area contributed by atoms with E-state index in [1.165, 1.54) is 24.3 Å². The molecular formula is C21H17FN2O3S2. The molecular weight excluding hydrogens is 411 g/mol. The molecule has 4 aromatic rings. The first-order valence-electron chi connectivity index (χ1n) is 8.83. The number of aromatic nitrogens is 1. The zero-order chi connectivity index (χ0) is 20.2. The van der Waals surface area contributed by atoms with Crippen molar-refractivity contribution in [3.63, 3.8) is 0 Å². The SMILES string of the molecule is Cc1nc(-c2ccc(CNC(=O)c3ccc(COc4ccc(F)cc4)o3)s2)cs1. The first-order chi connectivity index (χ1) is 14.1. The van der Waals surface area contributed by atoms with Gasteiger partial charge in [-0.1, -0.05) is 0 Å². The molecule has 0 spiro atoms. The zero-order valence-corrected chi connectivity index (χ0v) is 17.1. The van der Waals surface area contributed by atoms with Gasteiger partial charge in [-0.15, -0.1) is 22.7 Å². The number of hydrogen-bond donors (Lipinski definition) is 1. The second kappa shape index (κ2) is 8.59. The molecule has 1 amide bonds. The van der Waals surface area contributed by atoms with Crippen LogP contribution in [0, 0.1) is 12.7 Å². The number of nitrogens with one attached hydrogen (secondary N) is 1. The van der Waals surface area contributed by atoms with Gasteiger partial charge < -0.3 is 14.5 Å². The summed E-state index contributed by atoms with van der Waals surface area (Å²) in [6.07, 6.45) is 0. The largest absolute Gasteiger partial charge is 0.486 e. The number of amides is 1. The monoisotopic (exact) mass is 428 g/mol. The number of furan rings is 1. The van der Waals surface area contributed by atoms with E-state index in [0.717, 1.165) is 20.5 Å². The van der Waals surface area contributed by atoms with Gasteiger partial charge in [0, 0.05) is 10.3 Å². The Morgan fingerprint density at radius 2 is 2.00 bits per heavy atom. The van der Waals surface area contributed by atoms with Gasteiger partial charge in [0.05, 0.1) is 22.1 Å². The number of thiazole rings is 1. The molecule has 0 aliphatic carbocycles. The van der Waals surface area contributed by atoms with Crippen LogP contribution in [0.25, 0.3) is 10.6 Å². The number of aryl methyl sites for hydroxylation is 1. The summed E-state index contributed by atoms with van der Waals surface area (Å²) < 4.78 is 24.0. The number of carbonyl (C=O) groups excluding carboxylic acids is 1. The predicted molar refractivity (Wildman–Crippen MR) is 111 cm³/mol. The van der Waals surface area contributed by atoms with Crippen molar-refractivity contribution in [3.8, 4) is 16.3 Å². The average molecular weight is 429 g/mol. The number of carbonyl (C=O) groups is 1. The van der Waals surface area contributed by atoms with Gasteiger partial charge in [-0.2, -0.15) is 0 Å². The number of benzene rings is 1. The predicted octanol–water partition coefficient (Wildman–Crippen LogP) is 5.42. The van der Waals surface area contributed by atoms with Gasteiger partial charge in [-0.25, -0.2) is 9.37 Å². The van der Waals surface area contributed by atoms with Crippen molar-refractivity contribution in [2.75, 3.05) is 0 Å². The number of nitrogens with zero attached hydrogens (tertiary/aromatic N) is 1. The van der Waals surface area contributed by atoms with E-state index in [9.17, 15) is 9.18 Å². The van der Waals surface area contributed by atoms with Crippen LogP contribution in [0.3, 0.4) is 0 Å². The van der Waals surface area contributed by atoms with Crippen molar-refractivity contribution >= 4 is 28.6 Å². The third kappa shape index (κ3) is 4.90. The molecule has 0 aliphatic rings. The third-order valence-electron chi connectivity index (χ3n) is 4.04. The van der Waals surface area contributed by atoms with Gasteiger partial charge >= 0.3 is 0 Å². The van der Waals surface area contributed by atoms with Gasteiger partial charge in [0.1, 0.15) is 23.9 Å². The average Bonchev–Trinajstić information content (AvgIpc) is 3.46.